The van der Waals surface area contributed by atoms with E-state index in [-0.39, 0.29) is 18.1 Å². The van der Waals surface area contributed by atoms with Crippen LogP contribution in [0.1, 0.15) is 16.9 Å². The van der Waals surface area contributed by atoms with E-state index in [1.807, 2.05) is 19.1 Å². The zero-order valence-corrected chi connectivity index (χ0v) is 11.1. The summed E-state index contributed by atoms with van der Waals surface area (Å²) in [6.07, 6.45) is 1.81. The minimum Gasteiger partial charge on any atom is -0.508 e. The molecule has 0 spiro atoms. The zero-order chi connectivity index (χ0) is 13.8. The summed E-state index contributed by atoms with van der Waals surface area (Å²) in [7, 11) is 1.74. The fourth-order valence-electron chi connectivity index (χ4n) is 1.88. The van der Waals surface area contributed by atoms with Crippen LogP contribution in [-0.4, -0.2) is 23.0 Å². The number of rotatable bonds is 4. The Hall–Kier alpha value is -2.23. The van der Waals surface area contributed by atoms with Gasteiger partial charge >= 0.3 is 0 Å². The maximum absolute atomic E-state index is 12.1. The van der Waals surface area contributed by atoms with E-state index in [1.54, 1.807) is 36.4 Å². The Bertz CT molecular complexity index is 574. The van der Waals surface area contributed by atoms with Crippen LogP contribution in [0, 0.1) is 6.92 Å². The Morgan fingerprint density at radius 2 is 2.00 bits per heavy atom. The van der Waals surface area contributed by atoms with Crippen molar-refractivity contribution in [2.45, 2.75) is 19.9 Å². The first-order valence-corrected chi connectivity index (χ1v) is 6.11. The summed E-state index contributed by atoms with van der Waals surface area (Å²) in [5, 5.41) is 9.66. The lowest BCUT2D eigenvalue weighted by atomic mass is 10.1. The molecule has 100 valence electrons. The van der Waals surface area contributed by atoms with Crippen LogP contribution < -0.4 is 0 Å². The number of carbonyl (C=O) groups is 1. The lowest BCUT2D eigenvalue weighted by molar-refractivity contribution is -0.129. The van der Waals surface area contributed by atoms with E-state index in [9.17, 15) is 9.90 Å². The van der Waals surface area contributed by atoms with E-state index in [0.29, 0.717) is 12.1 Å². The van der Waals surface area contributed by atoms with Crippen molar-refractivity contribution in [2.75, 3.05) is 7.05 Å². The van der Waals surface area contributed by atoms with Crippen molar-refractivity contribution in [1.82, 2.24) is 4.90 Å². The molecule has 0 aliphatic rings. The molecule has 4 nitrogen and oxygen atoms in total. The number of furan rings is 1. The molecule has 2 aromatic rings. The number of hydrogen-bond acceptors (Lipinski definition) is 3. The van der Waals surface area contributed by atoms with Gasteiger partial charge in [-0.1, -0.05) is 18.2 Å². The molecule has 0 saturated carbocycles. The molecule has 0 saturated heterocycles. The smallest absolute Gasteiger partial charge is 0.227 e. The van der Waals surface area contributed by atoms with Crippen molar-refractivity contribution in [3.05, 3.63) is 53.5 Å². The molecule has 0 bridgehead atoms. The highest BCUT2D eigenvalue weighted by Gasteiger charge is 2.13. The van der Waals surface area contributed by atoms with E-state index < -0.39 is 0 Å². The highest BCUT2D eigenvalue weighted by atomic mass is 16.3. The number of nitrogens with zero attached hydrogens (tertiary/aromatic N) is 1. The van der Waals surface area contributed by atoms with Gasteiger partial charge in [0.1, 0.15) is 11.5 Å². The van der Waals surface area contributed by atoms with Crippen LogP contribution >= 0.6 is 0 Å². The SMILES string of the molecule is Cc1occc1CN(C)C(=O)Cc1ccccc1O. The summed E-state index contributed by atoms with van der Waals surface area (Å²) in [6.45, 7) is 2.38. The average Bonchev–Trinajstić information content (AvgIpc) is 2.78. The van der Waals surface area contributed by atoms with Crippen molar-refractivity contribution >= 4 is 5.91 Å². The van der Waals surface area contributed by atoms with Gasteiger partial charge in [0.15, 0.2) is 0 Å². The van der Waals surface area contributed by atoms with Crippen LogP contribution in [0.3, 0.4) is 0 Å². The molecule has 1 N–H and O–H groups in total. The second kappa shape index (κ2) is 5.61. The van der Waals surface area contributed by atoms with Crippen LogP contribution in [-0.2, 0) is 17.8 Å². The number of likely N-dealkylation sites (N-methyl/N-ethyl adjacent to an activating group) is 1. The average molecular weight is 259 g/mol. The number of para-hydroxylation sites is 1. The fraction of sp³-hybridized carbons (Fsp3) is 0.267. The topological polar surface area (TPSA) is 53.7 Å². The lowest BCUT2D eigenvalue weighted by Crippen LogP contribution is -2.27. The summed E-state index contributed by atoms with van der Waals surface area (Å²) in [5.41, 5.74) is 1.64. The maximum atomic E-state index is 12.1. The molecule has 0 unspecified atom stereocenters. The van der Waals surface area contributed by atoms with Crippen LogP contribution in [0.25, 0.3) is 0 Å². The van der Waals surface area contributed by atoms with E-state index >= 15 is 0 Å². The predicted molar refractivity (Wildman–Crippen MR) is 71.7 cm³/mol. The highest BCUT2D eigenvalue weighted by molar-refractivity contribution is 5.79. The summed E-state index contributed by atoms with van der Waals surface area (Å²) >= 11 is 0. The van der Waals surface area contributed by atoms with Crippen molar-refractivity contribution in [2.24, 2.45) is 0 Å². The van der Waals surface area contributed by atoms with E-state index in [4.69, 9.17) is 4.42 Å². The summed E-state index contributed by atoms with van der Waals surface area (Å²) in [4.78, 5) is 13.7. The molecule has 1 aromatic heterocycles. The van der Waals surface area contributed by atoms with Gasteiger partial charge in [0.05, 0.1) is 12.7 Å². The molecule has 19 heavy (non-hydrogen) atoms. The summed E-state index contributed by atoms with van der Waals surface area (Å²) in [6, 6.07) is 8.75. The summed E-state index contributed by atoms with van der Waals surface area (Å²) < 4.78 is 5.20. The molecule has 1 heterocycles. The van der Waals surface area contributed by atoms with Gasteiger partial charge < -0.3 is 14.4 Å². The van der Waals surface area contributed by atoms with Crippen molar-refractivity contribution < 1.29 is 14.3 Å². The van der Waals surface area contributed by atoms with Crippen molar-refractivity contribution in [3.63, 3.8) is 0 Å². The Kier molecular flexibility index (Phi) is 3.90. The molecule has 2 rings (SSSR count). The van der Waals surface area contributed by atoms with Gasteiger partial charge in [-0.2, -0.15) is 0 Å². The number of amides is 1. The normalized spacial score (nSPS) is 10.4. The Morgan fingerprint density at radius 1 is 1.26 bits per heavy atom. The van der Waals surface area contributed by atoms with Gasteiger partial charge in [-0.05, 0) is 19.1 Å². The van der Waals surface area contributed by atoms with Crippen LogP contribution in [0.2, 0.25) is 0 Å². The second-order valence-corrected chi connectivity index (χ2v) is 4.56. The first-order chi connectivity index (χ1) is 9.08. The standard InChI is InChI=1S/C15H17NO3/c1-11-13(7-8-19-11)10-16(2)15(18)9-12-5-3-4-6-14(12)17/h3-8,17H,9-10H2,1-2H3. The minimum absolute atomic E-state index is 0.0397. The number of hydrogen-bond donors (Lipinski definition) is 1. The number of phenols is 1. The summed E-state index contributed by atoms with van der Waals surface area (Å²) in [5.74, 6) is 0.938. The van der Waals surface area contributed by atoms with Gasteiger partial charge in [0, 0.05) is 24.7 Å². The molecule has 0 atom stereocenters. The molecule has 0 aliphatic carbocycles. The zero-order valence-electron chi connectivity index (χ0n) is 11.1. The second-order valence-electron chi connectivity index (χ2n) is 4.56. The lowest BCUT2D eigenvalue weighted by Gasteiger charge is -2.17. The first-order valence-electron chi connectivity index (χ1n) is 6.11. The van der Waals surface area contributed by atoms with Gasteiger partial charge in [0.25, 0.3) is 0 Å². The van der Waals surface area contributed by atoms with Gasteiger partial charge in [-0.15, -0.1) is 0 Å². The maximum Gasteiger partial charge on any atom is 0.227 e. The van der Waals surface area contributed by atoms with Crippen molar-refractivity contribution in [3.8, 4) is 5.75 Å². The van der Waals surface area contributed by atoms with Crippen molar-refractivity contribution in [1.29, 1.82) is 0 Å². The van der Waals surface area contributed by atoms with Gasteiger partial charge in [-0.3, -0.25) is 4.79 Å². The Labute approximate surface area is 112 Å². The third kappa shape index (κ3) is 3.16. The molecule has 4 heteroatoms. The highest BCUT2D eigenvalue weighted by Crippen LogP contribution is 2.17. The Balaban J connectivity index is 2.00. The van der Waals surface area contributed by atoms with Crippen LogP contribution in [0.15, 0.2) is 41.0 Å². The van der Waals surface area contributed by atoms with E-state index in [2.05, 4.69) is 0 Å². The van der Waals surface area contributed by atoms with Crippen LogP contribution in [0.4, 0.5) is 0 Å². The third-order valence-corrected chi connectivity index (χ3v) is 3.13. The molecule has 0 radical (unpaired) electrons. The molecule has 1 aromatic carbocycles. The molecule has 1 amide bonds. The van der Waals surface area contributed by atoms with Gasteiger partial charge in [0.2, 0.25) is 5.91 Å². The quantitative estimate of drug-likeness (QED) is 0.917. The predicted octanol–water partition coefficient (Wildman–Crippen LogP) is 2.49. The molecule has 0 fully saturated rings. The number of benzene rings is 1. The molecular weight excluding hydrogens is 242 g/mol. The van der Waals surface area contributed by atoms with Gasteiger partial charge in [-0.25, -0.2) is 0 Å². The van der Waals surface area contributed by atoms with Crippen LogP contribution in [0.5, 0.6) is 5.75 Å². The number of aryl methyl sites for hydroxylation is 1. The fourth-order valence-corrected chi connectivity index (χ4v) is 1.88. The number of carbonyl (C=O) groups excluding carboxylic acids is 1. The largest absolute Gasteiger partial charge is 0.508 e. The molecule has 0 aliphatic heterocycles. The monoisotopic (exact) mass is 259 g/mol. The Morgan fingerprint density at radius 3 is 2.63 bits per heavy atom. The number of phenolic OH excluding ortho intramolecular Hbond substituents is 1. The minimum atomic E-state index is -0.0397. The first kappa shape index (κ1) is 13.2. The van der Waals surface area contributed by atoms with E-state index in [0.717, 1.165) is 11.3 Å². The number of aromatic hydroxyl groups is 1. The van der Waals surface area contributed by atoms with E-state index in [1.165, 1.54) is 0 Å². The third-order valence-electron chi connectivity index (χ3n) is 3.13. The molecular formula is C15H17NO3.